The van der Waals surface area contributed by atoms with E-state index in [4.69, 9.17) is 17.5 Å². The Morgan fingerprint density at radius 1 is 0.606 bits per heavy atom. The fourth-order valence-electron chi connectivity index (χ4n) is 11.7. The summed E-state index contributed by atoms with van der Waals surface area (Å²) >= 11 is 9.92. The summed E-state index contributed by atoms with van der Waals surface area (Å²) < 4.78 is 0.268. The Hall–Kier alpha value is -5.55. The van der Waals surface area contributed by atoms with Crippen LogP contribution in [-0.2, 0) is 20.5 Å². The number of carbonyl (C=O) groups excluding carboxylic acids is 1. The van der Waals surface area contributed by atoms with Crippen molar-refractivity contribution in [2.75, 3.05) is 4.90 Å². The minimum absolute atomic E-state index is 0.0253. The van der Waals surface area contributed by atoms with Crippen LogP contribution in [0.2, 0.25) is 0 Å². The number of hydrogen-bond donors (Lipinski definition) is 1. The van der Waals surface area contributed by atoms with Gasteiger partial charge in [0.15, 0.2) is 4.32 Å². The molecule has 2 aromatic heterocycles. The van der Waals surface area contributed by atoms with Crippen LogP contribution < -0.4 is 4.90 Å². The molecule has 1 N–H and O–H groups in total. The number of thiophene rings is 2. The summed E-state index contributed by atoms with van der Waals surface area (Å²) in [5.74, 6) is -0.575. The van der Waals surface area contributed by atoms with Crippen molar-refractivity contribution in [1.82, 2.24) is 4.90 Å². The molecule has 10 rings (SSSR count). The van der Waals surface area contributed by atoms with E-state index in [-0.39, 0.29) is 26.9 Å². The summed E-state index contributed by atoms with van der Waals surface area (Å²) in [6.45, 7) is 12.9. The van der Waals surface area contributed by atoms with Crippen LogP contribution in [0.5, 0.6) is 0 Å². The summed E-state index contributed by atoms with van der Waals surface area (Å²) in [5, 5.41) is 9.10. The van der Waals surface area contributed by atoms with E-state index in [2.05, 4.69) is 171 Å². The molecule has 0 unspecified atom stereocenters. The zero-order chi connectivity index (χ0) is 49.3. The van der Waals surface area contributed by atoms with Gasteiger partial charge in [0, 0.05) is 47.4 Å². The molecule has 1 saturated heterocycles. The Kier molecular flexibility index (Phi) is 14.4. The van der Waals surface area contributed by atoms with Crippen LogP contribution in [0.25, 0.3) is 48.5 Å². The summed E-state index contributed by atoms with van der Waals surface area (Å²) in [7, 11) is 0. The van der Waals surface area contributed by atoms with Gasteiger partial charge in [-0.15, -0.1) is 22.7 Å². The molecular weight excluding hydrogens is 949 g/mol. The first-order chi connectivity index (χ1) is 34.7. The van der Waals surface area contributed by atoms with Crippen molar-refractivity contribution in [3.8, 4) is 42.4 Å². The predicted molar refractivity (Wildman–Crippen MR) is 306 cm³/mol. The maximum Gasteiger partial charge on any atom is 0.273 e. The molecule has 0 atom stereocenters. The lowest BCUT2D eigenvalue weighted by atomic mass is 9.70. The van der Waals surface area contributed by atoms with Gasteiger partial charge in [0.05, 0.1) is 4.91 Å². The molecule has 0 bridgehead atoms. The summed E-state index contributed by atoms with van der Waals surface area (Å²) in [5.41, 5.74) is 16.2. The fraction of sp³-hybridized carbons (Fsp3) is 0.290. The van der Waals surface area contributed by atoms with Gasteiger partial charge in [-0.2, -0.15) is 0 Å². The average Bonchev–Trinajstić information content (AvgIpc) is 4.24. The Morgan fingerprint density at radius 3 is 1.59 bits per heavy atom. The van der Waals surface area contributed by atoms with Crippen molar-refractivity contribution in [2.45, 2.75) is 116 Å². The standard InChI is InChI=1S/C62H62N2O3S4/c1-6-10-34-61(35-11-7-2)51-20-16-14-18-47(51)49-29-26-44(38-53(49)61)64(45-27-30-50-48-19-15-17-21-52(48)62(36-12-8-3,37-13-9-4)54(50)39-45)43-24-22-42(23-25-43)55-32-33-57(70-55)56-31-28-46(69-56)40-58-59(65)63(41(5)67-66)60(68)71-58/h14-33,38-40,66H,5-13,34-37H2,1-4H3. The van der Waals surface area contributed by atoms with Crippen molar-refractivity contribution in [3.05, 3.63) is 178 Å². The molecule has 9 heteroatoms. The fourth-order valence-corrected chi connectivity index (χ4v) is 15.1. The lowest BCUT2D eigenvalue weighted by molar-refractivity contribution is -0.217. The van der Waals surface area contributed by atoms with Crippen LogP contribution in [0.1, 0.15) is 132 Å². The van der Waals surface area contributed by atoms with E-state index >= 15 is 0 Å². The van der Waals surface area contributed by atoms with E-state index in [1.807, 2.05) is 12.1 Å². The highest BCUT2D eigenvalue weighted by molar-refractivity contribution is 8.26. The van der Waals surface area contributed by atoms with E-state index in [0.717, 1.165) is 62.7 Å². The van der Waals surface area contributed by atoms with Crippen LogP contribution in [0.3, 0.4) is 0 Å². The van der Waals surface area contributed by atoms with Crippen molar-refractivity contribution >= 4 is 80.0 Å². The molecule has 0 saturated carbocycles. The minimum atomic E-state index is -0.364. The van der Waals surface area contributed by atoms with Gasteiger partial charge in [-0.05, 0) is 149 Å². The molecular formula is C62H62N2O3S4. The molecule has 5 nitrogen and oxygen atoms in total. The molecule has 1 fully saturated rings. The summed E-state index contributed by atoms with van der Waals surface area (Å²) in [4.78, 5) is 25.8. The lowest BCUT2D eigenvalue weighted by Crippen LogP contribution is -2.27. The van der Waals surface area contributed by atoms with Crippen molar-refractivity contribution in [2.24, 2.45) is 0 Å². The molecule has 1 aliphatic heterocycles. The molecule has 1 amide bonds. The van der Waals surface area contributed by atoms with E-state index in [1.165, 1.54) is 118 Å². The van der Waals surface area contributed by atoms with Gasteiger partial charge in [-0.3, -0.25) is 4.79 Å². The Bertz CT molecular complexity index is 3020. The number of amides is 1. The number of fused-ring (bicyclic) bond motifs is 6. The van der Waals surface area contributed by atoms with Gasteiger partial charge in [-0.1, -0.05) is 176 Å². The molecule has 5 aromatic carbocycles. The average molecular weight is 1010 g/mol. The Labute approximate surface area is 437 Å². The normalized spacial score (nSPS) is 15.5. The topological polar surface area (TPSA) is 53.0 Å². The highest BCUT2D eigenvalue weighted by Crippen LogP contribution is 2.58. The molecule has 3 aliphatic rings. The zero-order valence-corrected chi connectivity index (χ0v) is 44.5. The third-order valence-corrected chi connectivity index (χ3v) is 18.8. The van der Waals surface area contributed by atoms with E-state index in [0.29, 0.717) is 4.91 Å². The molecule has 0 spiro atoms. The van der Waals surface area contributed by atoms with E-state index < -0.39 is 0 Å². The first kappa shape index (κ1) is 49.0. The molecule has 2 aliphatic carbocycles. The number of hydrogen-bond acceptors (Lipinski definition) is 8. The minimum Gasteiger partial charge on any atom is -0.322 e. The van der Waals surface area contributed by atoms with Crippen LogP contribution in [-0.4, -0.2) is 20.4 Å². The second kappa shape index (κ2) is 20.9. The lowest BCUT2D eigenvalue weighted by Gasteiger charge is -2.35. The largest absolute Gasteiger partial charge is 0.322 e. The van der Waals surface area contributed by atoms with Crippen molar-refractivity contribution in [3.63, 3.8) is 0 Å². The van der Waals surface area contributed by atoms with Crippen LogP contribution >= 0.6 is 46.7 Å². The van der Waals surface area contributed by atoms with Crippen LogP contribution in [0, 0.1) is 0 Å². The highest BCUT2D eigenvalue weighted by Gasteiger charge is 2.44. The Balaban J connectivity index is 1.05. The zero-order valence-electron chi connectivity index (χ0n) is 41.3. The monoisotopic (exact) mass is 1010 g/mol. The van der Waals surface area contributed by atoms with Gasteiger partial charge in [0.25, 0.3) is 5.91 Å². The van der Waals surface area contributed by atoms with Gasteiger partial charge in [0.1, 0.15) is 0 Å². The van der Waals surface area contributed by atoms with Gasteiger partial charge >= 0.3 is 0 Å². The molecule has 362 valence electrons. The number of anilines is 3. The number of thioether (sulfide) groups is 1. The quantitative estimate of drug-likeness (QED) is 0.0270. The smallest absolute Gasteiger partial charge is 0.273 e. The number of benzene rings is 5. The van der Waals surface area contributed by atoms with E-state index in [1.54, 1.807) is 22.7 Å². The van der Waals surface area contributed by atoms with E-state index in [9.17, 15) is 4.79 Å². The molecule has 71 heavy (non-hydrogen) atoms. The summed E-state index contributed by atoms with van der Waals surface area (Å²) in [6.07, 6.45) is 15.9. The SMILES string of the molecule is C=C(OO)N1C(=O)C(=Cc2ccc(-c3ccc(-c4ccc(N(c5ccc6c(c5)C(CCCC)(CCCC)c5ccccc5-6)c5ccc6c(c5)C(CCCC)(CCCC)c5ccccc5-6)cc4)s3)s2)SC1=S. The number of thiocarbonyl (C=S) groups is 1. The second-order valence-electron chi connectivity index (χ2n) is 19.4. The first-order valence-electron chi connectivity index (χ1n) is 25.6. The maximum absolute atomic E-state index is 13.0. The third-order valence-electron chi connectivity index (χ3n) is 15.2. The second-order valence-corrected chi connectivity index (χ2v) is 23.3. The number of unbranched alkanes of at least 4 members (excludes halogenated alkanes) is 4. The molecule has 0 radical (unpaired) electrons. The van der Waals surface area contributed by atoms with Crippen molar-refractivity contribution in [1.29, 1.82) is 0 Å². The van der Waals surface area contributed by atoms with Gasteiger partial charge in [0.2, 0.25) is 5.88 Å². The number of nitrogens with zero attached hydrogens (tertiary/aromatic N) is 2. The van der Waals surface area contributed by atoms with Crippen LogP contribution in [0.15, 0.2) is 151 Å². The number of rotatable bonds is 20. The first-order valence-corrected chi connectivity index (χ1v) is 28.4. The predicted octanol–water partition coefficient (Wildman–Crippen LogP) is 19.1. The molecule has 7 aromatic rings. The molecule has 3 heterocycles. The number of carbonyl (C=O) groups is 1. The van der Waals surface area contributed by atoms with Gasteiger partial charge in [-0.25, -0.2) is 10.2 Å². The van der Waals surface area contributed by atoms with Crippen LogP contribution in [0.4, 0.5) is 17.1 Å². The Morgan fingerprint density at radius 2 is 1.07 bits per heavy atom. The third kappa shape index (κ3) is 8.86. The van der Waals surface area contributed by atoms with Crippen molar-refractivity contribution < 1.29 is 14.9 Å². The maximum atomic E-state index is 13.0. The van der Waals surface area contributed by atoms with Gasteiger partial charge < -0.3 is 9.79 Å². The highest BCUT2D eigenvalue weighted by atomic mass is 32.2. The summed E-state index contributed by atoms with van der Waals surface area (Å²) in [6, 6.07) is 51.0.